The van der Waals surface area contributed by atoms with Crippen molar-refractivity contribution in [1.29, 1.82) is 0 Å². The minimum Gasteiger partial charge on any atom is -0.285 e. The first-order valence-electron chi connectivity index (χ1n) is 5.35. The molecule has 0 unspecified atom stereocenters. The van der Waals surface area contributed by atoms with Crippen molar-refractivity contribution in [1.82, 2.24) is 5.06 Å². The Kier molecular flexibility index (Phi) is 3.38. The molecule has 1 aliphatic rings. The molecule has 1 aromatic heterocycles. The Balaban J connectivity index is 2.00. The molecule has 2 rings (SSSR count). The molecule has 1 aliphatic carbocycles. The number of hydroxylamine groups is 2. The summed E-state index contributed by atoms with van der Waals surface area (Å²) in [4.78, 5) is 12.4. The van der Waals surface area contributed by atoms with E-state index < -0.39 is 0 Å². The molecule has 0 atom stereocenters. The molecule has 0 bridgehead atoms. The zero-order chi connectivity index (χ0) is 10.7. The zero-order valence-electron chi connectivity index (χ0n) is 8.56. The molecule has 1 aromatic rings. The molecule has 82 valence electrons. The number of carbonyl (C=O) groups excluding carboxylic acids is 1. The summed E-state index contributed by atoms with van der Waals surface area (Å²) >= 11 is 1.37. The van der Waals surface area contributed by atoms with Crippen LogP contribution in [0, 0.1) is 0 Å². The number of hydrogen-bond acceptors (Lipinski definition) is 3. The minimum atomic E-state index is -0.253. The standard InChI is InChI=1S/C11H15NO2S/c13-11(10-7-4-8-15-10)12(14)9-5-2-1-3-6-9/h4,7-9,14H,1-3,5-6H2. The van der Waals surface area contributed by atoms with Gasteiger partial charge >= 0.3 is 0 Å². The van der Waals surface area contributed by atoms with Gasteiger partial charge in [0.1, 0.15) is 0 Å². The highest BCUT2D eigenvalue weighted by Gasteiger charge is 2.25. The molecule has 0 aromatic carbocycles. The van der Waals surface area contributed by atoms with Crippen LogP contribution in [0.3, 0.4) is 0 Å². The number of hydrogen-bond donors (Lipinski definition) is 1. The van der Waals surface area contributed by atoms with Gasteiger partial charge in [-0.2, -0.15) is 0 Å². The maximum Gasteiger partial charge on any atom is 0.287 e. The quantitative estimate of drug-likeness (QED) is 0.621. The van der Waals surface area contributed by atoms with E-state index in [1.54, 1.807) is 6.07 Å². The lowest BCUT2D eigenvalue weighted by Gasteiger charge is -2.28. The van der Waals surface area contributed by atoms with Crippen LogP contribution in [-0.2, 0) is 0 Å². The van der Waals surface area contributed by atoms with Gasteiger partial charge < -0.3 is 0 Å². The highest BCUT2D eigenvalue weighted by atomic mass is 32.1. The van der Waals surface area contributed by atoms with Gasteiger partial charge in [-0.15, -0.1) is 11.3 Å². The van der Waals surface area contributed by atoms with Crippen LogP contribution in [-0.4, -0.2) is 22.2 Å². The highest BCUT2D eigenvalue weighted by Crippen LogP contribution is 2.23. The van der Waals surface area contributed by atoms with E-state index in [1.165, 1.54) is 17.8 Å². The summed E-state index contributed by atoms with van der Waals surface area (Å²) in [5.74, 6) is -0.253. The van der Waals surface area contributed by atoms with Gasteiger partial charge in [0.25, 0.3) is 5.91 Å². The maximum absolute atomic E-state index is 11.8. The number of nitrogens with zero attached hydrogens (tertiary/aromatic N) is 1. The molecule has 1 fully saturated rings. The predicted octanol–water partition coefficient (Wildman–Crippen LogP) is 2.91. The Labute approximate surface area is 93.3 Å². The summed E-state index contributed by atoms with van der Waals surface area (Å²) in [5.41, 5.74) is 0. The summed E-state index contributed by atoms with van der Waals surface area (Å²) in [7, 11) is 0. The van der Waals surface area contributed by atoms with Crippen LogP contribution in [0.4, 0.5) is 0 Å². The highest BCUT2D eigenvalue weighted by molar-refractivity contribution is 7.12. The molecule has 3 nitrogen and oxygen atoms in total. The maximum atomic E-state index is 11.8. The van der Waals surface area contributed by atoms with Gasteiger partial charge in [0.05, 0.1) is 10.9 Å². The average molecular weight is 225 g/mol. The van der Waals surface area contributed by atoms with E-state index in [2.05, 4.69) is 0 Å². The van der Waals surface area contributed by atoms with Crippen molar-refractivity contribution < 1.29 is 10.0 Å². The fourth-order valence-electron chi connectivity index (χ4n) is 2.00. The summed E-state index contributed by atoms with van der Waals surface area (Å²) in [5, 5.41) is 12.6. The Hall–Kier alpha value is -0.870. The topological polar surface area (TPSA) is 40.5 Å². The molecule has 1 amide bonds. The molecule has 15 heavy (non-hydrogen) atoms. The van der Waals surface area contributed by atoms with Crippen molar-refractivity contribution >= 4 is 17.2 Å². The lowest BCUT2D eigenvalue weighted by molar-refractivity contribution is -0.0960. The fourth-order valence-corrected chi connectivity index (χ4v) is 2.66. The van der Waals surface area contributed by atoms with Gasteiger partial charge in [0.2, 0.25) is 0 Å². The molecular weight excluding hydrogens is 210 g/mol. The fraction of sp³-hybridized carbons (Fsp3) is 0.545. The number of thiophene rings is 1. The van der Waals surface area contributed by atoms with Crippen LogP contribution in [0.15, 0.2) is 17.5 Å². The monoisotopic (exact) mass is 225 g/mol. The third kappa shape index (κ3) is 2.38. The van der Waals surface area contributed by atoms with Crippen molar-refractivity contribution in [3.8, 4) is 0 Å². The van der Waals surface area contributed by atoms with Crippen LogP contribution in [0.25, 0.3) is 0 Å². The van der Waals surface area contributed by atoms with Gasteiger partial charge in [-0.1, -0.05) is 25.3 Å². The third-order valence-corrected chi connectivity index (χ3v) is 3.72. The van der Waals surface area contributed by atoms with Gasteiger partial charge in [0, 0.05) is 0 Å². The van der Waals surface area contributed by atoms with E-state index in [1.807, 2.05) is 11.4 Å². The minimum absolute atomic E-state index is 0.0216. The lowest BCUT2D eigenvalue weighted by atomic mass is 9.95. The molecular formula is C11H15NO2S. The van der Waals surface area contributed by atoms with Crippen LogP contribution in [0.2, 0.25) is 0 Å². The molecule has 1 heterocycles. The Morgan fingerprint density at radius 1 is 1.40 bits per heavy atom. The smallest absolute Gasteiger partial charge is 0.285 e. The van der Waals surface area contributed by atoms with E-state index in [4.69, 9.17) is 0 Å². The average Bonchev–Trinajstić information content (AvgIpc) is 2.82. The molecule has 0 saturated heterocycles. The second-order valence-electron chi connectivity index (χ2n) is 3.92. The van der Waals surface area contributed by atoms with E-state index in [-0.39, 0.29) is 11.9 Å². The summed E-state index contributed by atoms with van der Waals surface area (Å²) < 4.78 is 0. The van der Waals surface area contributed by atoms with Crippen LogP contribution < -0.4 is 0 Å². The molecule has 1 N–H and O–H groups in total. The normalized spacial score (nSPS) is 17.7. The van der Waals surface area contributed by atoms with Gasteiger partial charge in [-0.3, -0.25) is 10.0 Å². The number of carbonyl (C=O) groups is 1. The molecule has 0 aliphatic heterocycles. The first-order chi connectivity index (χ1) is 7.29. The second-order valence-corrected chi connectivity index (χ2v) is 4.87. The zero-order valence-corrected chi connectivity index (χ0v) is 9.37. The summed E-state index contributed by atoms with van der Waals surface area (Å²) in [6, 6.07) is 3.60. The van der Waals surface area contributed by atoms with E-state index in [0.29, 0.717) is 4.88 Å². The van der Waals surface area contributed by atoms with E-state index >= 15 is 0 Å². The Morgan fingerprint density at radius 2 is 2.13 bits per heavy atom. The van der Waals surface area contributed by atoms with Crippen LogP contribution in [0.5, 0.6) is 0 Å². The van der Waals surface area contributed by atoms with Gasteiger partial charge in [-0.25, -0.2) is 5.06 Å². The lowest BCUT2D eigenvalue weighted by Crippen LogP contribution is -2.38. The largest absolute Gasteiger partial charge is 0.287 e. The van der Waals surface area contributed by atoms with Crippen LogP contribution in [0.1, 0.15) is 41.8 Å². The SMILES string of the molecule is O=C(c1cccs1)N(O)C1CCCCC1. The third-order valence-electron chi connectivity index (χ3n) is 2.86. The Morgan fingerprint density at radius 3 is 2.73 bits per heavy atom. The van der Waals surface area contributed by atoms with Gasteiger partial charge in [0.15, 0.2) is 0 Å². The molecule has 1 saturated carbocycles. The first kappa shape index (κ1) is 10.6. The van der Waals surface area contributed by atoms with Gasteiger partial charge in [-0.05, 0) is 24.3 Å². The number of amides is 1. The van der Waals surface area contributed by atoms with Crippen LogP contribution >= 0.6 is 11.3 Å². The van der Waals surface area contributed by atoms with E-state index in [9.17, 15) is 10.0 Å². The van der Waals surface area contributed by atoms with Crippen molar-refractivity contribution in [2.75, 3.05) is 0 Å². The van der Waals surface area contributed by atoms with Crippen molar-refractivity contribution in [2.45, 2.75) is 38.1 Å². The second kappa shape index (κ2) is 4.77. The van der Waals surface area contributed by atoms with Crippen molar-refractivity contribution in [3.05, 3.63) is 22.4 Å². The number of rotatable bonds is 2. The predicted molar refractivity (Wildman–Crippen MR) is 59.1 cm³/mol. The molecule has 0 radical (unpaired) electrons. The first-order valence-corrected chi connectivity index (χ1v) is 6.23. The summed E-state index contributed by atoms with van der Waals surface area (Å²) in [6.07, 6.45) is 5.29. The molecule has 4 heteroatoms. The summed E-state index contributed by atoms with van der Waals surface area (Å²) in [6.45, 7) is 0. The Bertz CT molecular complexity index is 317. The van der Waals surface area contributed by atoms with E-state index in [0.717, 1.165) is 30.7 Å². The van der Waals surface area contributed by atoms with Crippen molar-refractivity contribution in [2.24, 2.45) is 0 Å². The molecule has 0 spiro atoms. The van der Waals surface area contributed by atoms with Crippen molar-refractivity contribution in [3.63, 3.8) is 0 Å².